The van der Waals surface area contributed by atoms with Crippen molar-refractivity contribution in [2.75, 3.05) is 17.6 Å². The smallest absolute Gasteiger partial charge is 0.305 e. The summed E-state index contributed by atoms with van der Waals surface area (Å²) in [5.74, 6) is -0.761. The number of rotatable bonds is 6. The molecule has 1 aromatic rings. The highest BCUT2D eigenvalue weighted by Crippen LogP contribution is 2.27. The van der Waals surface area contributed by atoms with Gasteiger partial charge in [-0.1, -0.05) is 12.1 Å². The molecule has 0 aliphatic rings. The van der Waals surface area contributed by atoms with Crippen LogP contribution in [0.5, 0.6) is 5.75 Å². The largest absolute Gasteiger partial charge is 0.505 e. The summed E-state index contributed by atoms with van der Waals surface area (Å²) in [4.78, 5) is 10.9. The molecule has 0 aliphatic heterocycles. The van der Waals surface area contributed by atoms with E-state index >= 15 is 0 Å². The normalized spacial score (nSPS) is 11.1. The molecule has 0 unspecified atom stereocenters. The Morgan fingerprint density at radius 3 is 2.74 bits per heavy atom. The van der Waals surface area contributed by atoms with Crippen molar-refractivity contribution in [3.8, 4) is 5.75 Å². The van der Waals surface area contributed by atoms with Gasteiger partial charge >= 0.3 is 5.97 Å². The summed E-state index contributed by atoms with van der Waals surface area (Å²) in [6.45, 7) is 1.67. The van der Waals surface area contributed by atoms with Crippen molar-refractivity contribution >= 4 is 21.7 Å². The minimum atomic E-state index is -3.60. The van der Waals surface area contributed by atoms with E-state index in [1.54, 1.807) is 19.1 Å². The molecule has 0 fully saturated rings. The van der Waals surface area contributed by atoms with E-state index in [4.69, 9.17) is 0 Å². The van der Waals surface area contributed by atoms with Gasteiger partial charge in [0, 0.05) is 6.42 Å². The monoisotopic (exact) mass is 287 g/mol. The lowest BCUT2D eigenvalue weighted by molar-refractivity contribution is -0.140. The van der Waals surface area contributed by atoms with Gasteiger partial charge in [0.05, 0.1) is 18.6 Å². The number of phenolic OH excluding ortho intramolecular Hbond substituents is 1. The highest BCUT2D eigenvalue weighted by Gasteiger charge is 2.14. The lowest BCUT2D eigenvalue weighted by Crippen LogP contribution is -2.17. The fraction of sp³-hybridized carbons (Fsp3) is 0.417. The number of benzene rings is 1. The molecule has 6 nitrogen and oxygen atoms in total. The van der Waals surface area contributed by atoms with Crippen LogP contribution in [0, 0.1) is 6.92 Å². The predicted molar refractivity (Wildman–Crippen MR) is 71.5 cm³/mol. The van der Waals surface area contributed by atoms with E-state index in [-0.39, 0.29) is 30.0 Å². The first-order valence-corrected chi connectivity index (χ1v) is 7.37. The van der Waals surface area contributed by atoms with Crippen molar-refractivity contribution in [2.24, 2.45) is 0 Å². The quantitative estimate of drug-likeness (QED) is 0.609. The molecule has 19 heavy (non-hydrogen) atoms. The number of aromatic hydroxyl groups is 1. The molecule has 1 rings (SSSR count). The van der Waals surface area contributed by atoms with Crippen LogP contribution in [0.1, 0.15) is 18.4 Å². The van der Waals surface area contributed by atoms with Crippen molar-refractivity contribution in [1.29, 1.82) is 0 Å². The Labute approximate surface area is 112 Å². The van der Waals surface area contributed by atoms with Gasteiger partial charge < -0.3 is 9.84 Å². The van der Waals surface area contributed by atoms with Crippen LogP contribution < -0.4 is 4.72 Å². The average molecular weight is 287 g/mol. The molecule has 0 heterocycles. The Balaban J connectivity index is 2.64. The number of carbonyl (C=O) groups is 1. The van der Waals surface area contributed by atoms with Crippen molar-refractivity contribution in [1.82, 2.24) is 0 Å². The predicted octanol–water partition coefficient (Wildman–Crippen LogP) is 1.40. The van der Waals surface area contributed by atoms with Gasteiger partial charge in [0.2, 0.25) is 10.0 Å². The van der Waals surface area contributed by atoms with E-state index < -0.39 is 16.0 Å². The molecule has 0 bridgehead atoms. The standard InChI is InChI=1S/C12H17NO5S/c1-9-5-3-6-10(12(9)15)13-19(16,17)8-4-7-11(14)18-2/h3,5-6,13,15H,4,7-8H2,1-2H3. The lowest BCUT2D eigenvalue weighted by atomic mass is 10.2. The molecule has 0 spiro atoms. The highest BCUT2D eigenvalue weighted by molar-refractivity contribution is 7.92. The molecule has 0 amide bonds. The summed E-state index contributed by atoms with van der Waals surface area (Å²) in [5.41, 5.74) is 0.716. The fourth-order valence-electron chi connectivity index (χ4n) is 1.47. The maximum atomic E-state index is 11.8. The molecular weight excluding hydrogens is 270 g/mol. The van der Waals surface area contributed by atoms with Gasteiger partial charge in [-0.25, -0.2) is 8.42 Å². The first-order valence-electron chi connectivity index (χ1n) is 5.71. The number of hydrogen-bond acceptors (Lipinski definition) is 5. The van der Waals surface area contributed by atoms with Crippen LogP contribution in [0.25, 0.3) is 0 Å². The Morgan fingerprint density at radius 2 is 2.11 bits per heavy atom. The second kappa shape index (κ2) is 6.42. The van der Waals surface area contributed by atoms with Crippen LogP contribution >= 0.6 is 0 Å². The fourth-order valence-corrected chi connectivity index (χ4v) is 2.59. The van der Waals surface area contributed by atoms with Crippen LogP contribution in [0.3, 0.4) is 0 Å². The molecule has 7 heteroatoms. The molecular formula is C12H17NO5S. The van der Waals surface area contributed by atoms with Crippen molar-refractivity contribution in [2.45, 2.75) is 19.8 Å². The van der Waals surface area contributed by atoms with Crippen molar-refractivity contribution in [3.05, 3.63) is 23.8 Å². The zero-order valence-corrected chi connectivity index (χ0v) is 11.7. The Hall–Kier alpha value is -1.76. The van der Waals surface area contributed by atoms with Crippen molar-refractivity contribution < 1.29 is 23.1 Å². The third-order valence-corrected chi connectivity index (χ3v) is 3.88. The van der Waals surface area contributed by atoms with Crippen LogP contribution in [0.2, 0.25) is 0 Å². The summed E-state index contributed by atoms with van der Waals surface area (Å²) < 4.78 is 30.2. The number of carbonyl (C=O) groups excluding carboxylic acids is 1. The van der Waals surface area contributed by atoms with E-state index in [1.165, 1.54) is 13.2 Å². The molecule has 0 saturated heterocycles. The minimum Gasteiger partial charge on any atom is -0.505 e. The Kier molecular flexibility index (Phi) is 5.17. The number of para-hydroxylation sites is 1. The zero-order chi connectivity index (χ0) is 14.5. The number of esters is 1. The SMILES string of the molecule is COC(=O)CCCS(=O)(=O)Nc1cccc(C)c1O. The number of hydrogen-bond donors (Lipinski definition) is 2. The number of anilines is 1. The summed E-state index contributed by atoms with van der Waals surface area (Å²) in [6, 6.07) is 4.78. The number of methoxy groups -OCH3 is 1. The minimum absolute atomic E-state index is 0.0389. The van der Waals surface area contributed by atoms with Crippen LogP contribution in [-0.2, 0) is 19.6 Å². The maximum Gasteiger partial charge on any atom is 0.305 e. The third-order valence-electron chi connectivity index (χ3n) is 2.52. The summed E-state index contributed by atoms with van der Waals surface area (Å²) in [6.07, 6.45) is 0.200. The van der Waals surface area contributed by atoms with Crippen LogP contribution in [-0.4, -0.2) is 32.4 Å². The number of aryl methyl sites for hydroxylation is 1. The van der Waals surface area contributed by atoms with E-state index in [9.17, 15) is 18.3 Å². The van der Waals surface area contributed by atoms with Gasteiger partial charge in [0.25, 0.3) is 0 Å². The first kappa shape index (κ1) is 15.3. The van der Waals surface area contributed by atoms with Crippen LogP contribution in [0.4, 0.5) is 5.69 Å². The summed E-state index contributed by atoms with van der Waals surface area (Å²) in [5, 5.41) is 9.71. The number of sulfonamides is 1. The first-order chi connectivity index (χ1) is 8.85. The number of phenols is 1. The second-order valence-electron chi connectivity index (χ2n) is 4.07. The molecule has 0 radical (unpaired) electrons. The Morgan fingerprint density at radius 1 is 1.42 bits per heavy atom. The van der Waals surface area contributed by atoms with E-state index in [0.717, 1.165) is 0 Å². The average Bonchev–Trinajstić information content (AvgIpc) is 2.34. The molecule has 0 aliphatic carbocycles. The second-order valence-corrected chi connectivity index (χ2v) is 5.91. The molecule has 2 N–H and O–H groups in total. The van der Waals surface area contributed by atoms with Gasteiger partial charge in [0.15, 0.2) is 0 Å². The maximum absolute atomic E-state index is 11.8. The van der Waals surface area contributed by atoms with E-state index in [2.05, 4.69) is 9.46 Å². The lowest BCUT2D eigenvalue weighted by Gasteiger charge is -2.10. The van der Waals surface area contributed by atoms with Gasteiger partial charge in [-0.05, 0) is 25.0 Å². The third kappa shape index (κ3) is 4.78. The van der Waals surface area contributed by atoms with E-state index in [0.29, 0.717) is 5.56 Å². The van der Waals surface area contributed by atoms with Gasteiger partial charge in [-0.3, -0.25) is 9.52 Å². The van der Waals surface area contributed by atoms with Crippen molar-refractivity contribution in [3.63, 3.8) is 0 Å². The number of ether oxygens (including phenoxy) is 1. The van der Waals surface area contributed by atoms with Gasteiger partial charge in [-0.15, -0.1) is 0 Å². The van der Waals surface area contributed by atoms with E-state index in [1.807, 2.05) is 0 Å². The molecule has 1 aromatic carbocycles. The Bertz CT molecular complexity index is 553. The van der Waals surface area contributed by atoms with Gasteiger partial charge in [-0.2, -0.15) is 0 Å². The van der Waals surface area contributed by atoms with Crippen LogP contribution in [0.15, 0.2) is 18.2 Å². The number of nitrogens with one attached hydrogen (secondary N) is 1. The zero-order valence-electron chi connectivity index (χ0n) is 10.8. The molecule has 0 aromatic heterocycles. The highest BCUT2D eigenvalue weighted by atomic mass is 32.2. The molecule has 0 saturated carbocycles. The van der Waals surface area contributed by atoms with Gasteiger partial charge in [0.1, 0.15) is 5.75 Å². The summed E-state index contributed by atoms with van der Waals surface area (Å²) in [7, 11) is -2.35. The topological polar surface area (TPSA) is 92.7 Å². The molecule has 106 valence electrons. The molecule has 0 atom stereocenters. The summed E-state index contributed by atoms with van der Waals surface area (Å²) >= 11 is 0.